The summed E-state index contributed by atoms with van der Waals surface area (Å²) < 4.78 is 5.58. The molecule has 1 aromatic heterocycles. The summed E-state index contributed by atoms with van der Waals surface area (Å²) in [5.74, 6) is 1.69. The van der Waals surface area contributed by atoms with Crippen molar-refractivity contribution in [2.24, 2.45) is 11.7 Å². The maximum atomic E-state index is 5.93. The molecular formula is C15H25N3O. The molecule has 2 N–H and O–H groups in total. The van der Waals surface area contributed by atoms with Gasteiger partial charge in [0.05, 0.1) is 6.10 Å². The van der Waals surface area contributed by atoms with Gasteiger partial charge >= 0.3 is 0 Å². The fourth-order valence-electron chi connectivity index (χ4n) is 2.75. The fraction of sp³-hybridized carbons (Fsp3) is 0.667. The third-order valence-electron chi connectivity index (χ3n) is 3.90. The standard InChI is InChI=1S/C15H25N3O/c1-11-6-8-18(10-14(11)19-3)15-13(9-12(2)16)5-4-7-17-15/h4-5,7,11-12,14H,6,8-10,16H2,1-3H3. The molecule has 3 unspecified atom stereocenters. The Hall–Kier alpha value is -1.13. The Morgan fingerprint density at radius 2 is 2.37 bits per heavy atom. The number of methoxy groups -OCH3 is 1. The number of ether oxygens (including phenoxy) is 1. The smallest absolute Gasteiger partial charge is 0.131 e. The van der Waals surface area contributed by atoms with Crippen LogP contribution < -0.4 is 10.6 Å². The number of nitrogens with zero attached hydrogens (tertiary/aromatic N) is 2. The number of pyridine rings is 1. The molecule has 1 aliphatic rings. The zero-order valence-electron chi connectivity index (χ0n) is 12.2. The zero-order chi connectivity index (χ0) is 13.8. The van der Waals surface area contributed by atoms with Crippen molar-refractivity contribution >= 4 is 5.82 Å². The van der Waals surface area contributed by atoms with Gasteiger partial charge in [-0.05, 0) is 37.3 Å². The molecule has 0 aliphatic carbocycles. The van der Waals surface area contributed by atoms with E-state index in [9.17, 15) is 0 Å². The second-order valence-electron chi connectivity index (χ2n) is 5.65. The minimum Gasteiger partial charge on any atom is -0.379 e. The van der Waals surface area contributed by atoms with E-state index in [1.54, 1.807) is 7.11 Å². The van der Waals surface area contributed by atoms with Crippen LogP contribution in [0, 0.1) is 5.92 Å². The van der Waals surface area contributed by atoms with Crippen LogP contribution in [0.5, 0.6) is 0 Å². The van der Waals surface area contributed by atoms with Crippen molar-refractivity contribution in [2.45, 2.75) is 38.8 Å². The minimum absolute atomic E-state index is 0.157. The molecule has 0 amide bonds. The molecule has 19 heavy (non-hydrogen) atoms. The molecule has 4 nitrogen and oxygen atoms in total. The lowest BCUT2D eigenvalue weighted by Gasteiger charge is -2.37. The molecule has 0 bridgehead atoms. The first kappa shape index (κ1) is 14.3. The van der Waals surface area contributed by atoms with Crippen LogP contribution in [0.1, 0.15) is 25.8 Å². The van der Waals surface area contributed by atoms with Crippen molar-refractivity contribution < 1.29 is 4.74 Å². The molecule has 0 saturated carbocycles. The summed E-state index contributed by atoms with van der Waals surface area (Å²) in [6.07, 6.45) is 4.17. The average Bonchev–Trinajstić information content (AvgIpc) is 2.39. The first-order valence-electron chi connectivity index (χ1n) is 7.09. The Kier molecular flexibility index (Phi) is 4.77. The first-order valence-corrected chi connectivity index (χ1v) is 7.09. The lowest BCUT2D eigenvalue weighted by Crippen LogP contribution is -2.44. The monoisotopic (exact) mass is 263 g/mol. The van der Waals surface area contributed by atoms with Gasteiger partial charge < -0.3 is 15.4 Å². The largest absolute Gasteiger partial charge is 0.379 e. The van der Waals surface area contributed by atoms with E-state index in [1.807, 2.05) is 19.2 Å². The van der Waals surface area contributed by atoms with Crippen LogP contribution in [-0.2, 0) is 11.2 Å². The summed E-state index contributed by atoms with van der Waals surface area (Å²) in [6, 6.07) is 4.28. The number of piperidine rings is 1. The lowest BCUT2D eigenvalue weighted by atomic mass is 9.95. The van der Waals surface area contributed by atoms with Crippen LogP contribution >= 0.6 is 0 Å². The van der Waals surface area contributed by atoms with E-state index >= 15 is 0 Å². The number of hydrogen-bond donors (Lipinski definition) is 1. The van der Waals surface area contributed by atoms with Gasteiger partial charge in [-0.1, -0.05) is 13.0 Å². The molecule has 1 aromatic rings. The summed E-state index contributed by atoms with van der Waals surface area (Å²) in [7, 11) is 1.80. The lowest BCUT2D eigenvalue weighted by molar-refractivity contribution is 0.0496. The van der Waals surface area contributed by atoms with Gasteiger partial charge in [-0.15, -0.1) is 0 Å². The van der Waals surface area contributed by atoms with E-state index in [4.69, 9.17) is 10.5 Å². The van der Waals surface area contributed by atoms with E-state index in [0.717, 1.165) is 31.7 Å². The van der Waals surface area contributed by atoms with Crippen LogP contribution in [0.4, 0.5) is 5.82 Å². The molecule has 2 heterocycles. The molecule has 1 saturated heterocycles. The molecule has 0 aromatic carbocycles. The van der Waals surface area contributed by atoms with E-state index in [2.05, 4.69) is 22.9 Å². The molecule has 1 fully saturated rings. The highest BCUT2D eigenvalue weighted by molar-refractivity contribution is 5.47. The Morgan fingerprint density at radius 3 is 3.05 bits per heavy atom. The van der Waals surface area contributed by atoms with E-state index in [0.29, 0.717) is 12.0 Å². The van der Waals surface area contributed by atoms with Gasteiger partial charge in [0.1, 0.15) is 5.82 Å². The molecule has 0 radical (unpaired) electrons. The van der Waals surface area contributed by atoms with Crippen molar-refractivity contribution in [2.75, 3.05) is 25.1 Å². The Morgan fingerprint density at radius 1 is 1.58 bits per heavy atom. The second-order valence-corrected chi connectivity index (χ2v) is 5.65. The van der Waals surface area contributed by atoms with Crippen molar-refractivity contribution in [1.82, 2.24) is 4.98 Å². The SMILES string of the molecule is COC1CN(c2ncccc2CC(C)N)CCC1C. The summed E-state index contributed by atoms with van der Waals surface area (Å²) in [6.45, 7) is 6.25. The number of rotatable bonds is 4. The van der Waals surface area contributed by atoms with Gasteiger partial charge in [-0.2, -0.15) is 0 Å². The Labute approximate surface area is 116 Å². The third kappa shape index (κ3) is 3.45. The predicted molar refractivity (Wildman–Crippen MR) is 78.4 cm³/mol. The van der Waals surface area contributed by atoms with Gasteiger partial charge in [-0.25, -0.2) is 4.98 Å². The van der Waals surface area contributed by atoms with E-state index in [-0.39, 0.29) is 6.04 Å². The molecule has 2 rings (SSSR count). The van der Waals surface area contributed by atoms with Crippen molar-refractivity contribution in [3.05, 3.63) is 23.9 Å². The molecule has 3 atom stereocenters. The highest BCUT2D eigenvalue weighted by Gasteiger charge is 2.27. The number of anilines is 1. The average molecular weight is 263 g/mol. The highest BCUT2D eigenvalue weighted by Crippen LogP contribution is 2.26. The predicted octanol–water partition coefficient (Wildman–Crippen LogP) is 1.83. The van der Waals surface area contributed by atoms with Crippen LogP contribution in [0.2, 0.25) is 0 Å². The minimum atomic E-state index is 0.157. The van der Waals surface area contributed by atoms with Crippen LogP contribution in [-0.4, -0.2) is 37.3 Å². The number of hydrogen-bond acceptors (Lipinski definition) is 4. The van der Waals surface area contributed by atoms with Crippen molar-refractivity contribution in [3.63, 3.8) is 0 Å². The van der Waals surface area contributed by atoms with Gasteiger partial charge in [0, 0.05) is 32.4 Å². The quantitative estimate of drug-likeness (QED) is 0.900. The van der Waals surface area contributed by atoms with Gasteiger partial charge in [0.15, 0.2) is 0 Å². The van der Waals surface area contributed by atoms with Gasteiger partial charge in [0.25, 0.3) is 0 Å². The zero-order valence-corrected chi connectivity index (χ0v) is 12.2. The summed E-state index contributed by atoms with van der Waals surface area (Å²) in [5, 5.41) is 0. The first-order chi connectivity index (χ1) is 9.11. The van der Waals surface area contributed by atoms with Gasteiger partial charge in [0.2, 0.25) is 0 Å². The second kappa shape index (κ2) is 6.35. The van der Waals surface area contributed by atoms with Crippen LogP contribution in [0.15, 0.2) is 18.3 Å². The van der Waals surface area contributed by atoms with E-state index < -0.39 is 0 Å². The molecular weight excluding hydrogens is 238 g/mol. The van der Waals surface area contributed by atoms with E-state index in [1.165, 1.54) is 5.56 Å². The third-order valence-corrected chi connectivity index (χ3v) is 3.90. The number of nitrogens with two attached hydrogens (primary N) is 1. The molecule has 0 spiro atoms. The Bertz CT molecular complexity index is 408. The summed E-state index contributed by atoms with van der Waals surface area (Å²) in [5.41, 5.74) is 7.17. The normalized spacial score (nSPS) is 25.4. The molecule has 1 aliphatic heterocycles. The maximum absolute atomic E-state index is 5.93. The van der Waals surface area contributed by atoms with Gasteiger partial charge in [-0.3, -0.25) is 0 Å². The summed E-state index contributed by atoms with van der Waals surface area (Å²) >= 11 is 0. The molecule has 4 heteroatoms. The topological polar surface area (TPSA) is 51.4 Å². The van der Waals surface area contributed by atoms with Crippen molar-refractivity contribution in [3.8, 4) is 0 Å². The fourth-order valence-corrected chi connectivity index (χ4v) is 2.75. The molecule has 106 valence electrons. The van der Waals surface area contributed by atoms with Crippen LogP contribution in [0.3, 0.4) is 0 Å². The number of aromatic nitrogens is 1. The van der Waals surface area contributed by atoms with Crippen molar-refractivity contribution in [1.29, 1.82) is 0 Å². The maximum Gasteiger partial charge on any atom is 0.131 e. The van der Waals surface area contributed by atoms with Crippen LogP contribution in [0.25, 0.3) is 0 Å². The highest BCUT2D eigenvalue weighted by atomic mass is 16.5. The summed E-state index contributed by atoms with van der Waals surface area (Å²) in [4.78, 5) is 6.90. The Balaban J connectivity index is 2.17.